The molecule has 2 aromatic carbocycles. The van der Waals surface area contributed by atoms with Gasteiger partial charge in [-0.3, -0.25) is 0 Å². The van der Waals surface area contributed by atoms with Crippen molar-refractivity contribution in [1.29, 1.82) is 0 Å². The first-order valence-electron chi connectivity index (χ1n) is 5.17. The van der Waals surface area contributed by atoms with E-state index in [1.54, 1.807) is 12.1 Å². The molecule has 0 bridgehead atoms. The molecule has 0 radical (unpaired) electrons. The van der Waals surface area contributed by atoms with E-state index in [4.69, 9.17) is 5.73 Å². The normalized spacial score (nSPS) is 14.4. The van der Waals surface area contributed by atoms with Crippen molar-refractivity contribution >= 4 is 37.3 Å². The molecule has 1 atom stereocenters. The lowest BCUT2D eigenvalue weighted by Gasteiger charge is -2.14. The molecule has 2 nitrogen and oxygen atoms in total. The van der Waals surface area contributed by atoms with Gasteiger partial charge in [0.15, 0.2) is 6.83 Å². The molecular weight excluding hydrogens is 248 g/mol. The minimum Gasteiger partial charge on any atom is -0.399 e. The van der Waals surface area contributed by atoms with Gasteiger partial charge in [0, 0.05) is 16.3 Å². The molecule has 0 amide bonds. The molecular formula is C13H13NOP2. The van der Waals surface area contributed by atoms with Gasteiger partial charge in [-0.25, -0.2) is 0 Å². The van der Waals surface area contributed by atoms with Crippen LogP contribution in [0.3, 0.4) is 0 Å². The molecule has 0 aromatic heterocycles. The Morgan fingerprint density at radius 1 is 0.941 bits per heavy atom. The largest absolute Gasteiger partial charge is 0.399 e. The fraction of sp³-hybridized carbons (Fsp3) is 0. The number of hydrogen-bond donors (Lipinski definition) is 1. The van der Waals surface area contributed by atoms with E-state index >= 15 is 0 Å². The molecule has 17 heavy (non-hydrogen) atoms. The van der Waals surface area contributed by atoms with Crippen LogP contribution in [-0.2, 0) is 4.57 Å². The summed E-state index contributed by atoms with van der Waals surface area (Å²) < 4.78 is 13.0. The Kier molecular flexibility index (Phi) is 3.47. The lowest BCUT2D eigenvalue weighted by molar-refractivity contribution is 0.595. The summed E-state index contributed by atoms with van der Waals surface area (Å²) in [6.07, 6.45) is 3.81. The van der Waals surface area contributed by atoms with Gasteiger partial charge in [-0.1, -0.05) is 36.6 Å². The summed E-state index contributed by atoms with van der Waals surface area (Å²) in [5.41, 5.74) is 6.32. The average Bonchev–Trinajstić information content (AvgIpc) is 2.40. The van der Waals surface area contributed by atoms with Gasteiger partial charge in [-0.05, 0) is 32.2 Å². The summed E-state index contributed by atoms with van der Waals surface area (Å²) in [5.74, 6) is 0. The summed E-state index contributed by atoms with van der Waals surface area (Å²) in [6.45, 7) is -2.62. The lowest BCUT2D eigenvalue weighted by atomic mass is 10.3. The standard InChI is InChI=1S/C13H13NOP2/c1-16-17(15,12-5-3-2-4-6-12)13-9-7-11(14)8-10-13/h2-10H,1,14H2. The van der Waals surface area contributed by atoms with Gasteiger partial charge in [-0.2, -0.15) is 0 Å². The van der Waals surface area contributed by atoms with Crippen LogP contribution in [0.15, 0.2) is 54.6 Å². The molecule has 0 spiro atoms. The number of nitrogen functional groups attached to an aromatic ring is 1. The van der Waals surface area contributed by atoms with Crippen molar-refractivity contribution in [2.45, 2.75) is 0 Å². The van der Waals surface area contributed by atoms with Crippen LogP contribution < -0.4 is 16.3 Å². The van der Waals surface area contributed by atoms with E-state index in [1.807, 2.05) is 42.5 Å². The number of anilines is 1. The minimum absolute atomic E-state index is 0.634. The van der Waals surface area contributed by atoms with Gasteiger partial charge < -0.3 is 10.3 Å². The Labute approximate surface area is 103 Å². The van der Waals surface area contributed by atoms with Gasteiger partial charge in [0.25, 0.3) is 0 Å². The summed E-state index contributed by atoms with van der Waals surface area (Å²) in [7, 11) is 0.634. The number of hydrogen-bond acceptors (Lipinski definition) is 2. The Balaban J connectivity index is 2.56. The van der Waals surface area contributed by atoms with Crippen molar-refractivity contribution in [3.8, 4) is 0 Å². The van der Waals surface area contributed by atoms with Crippen LogP contribution in [0, 0.1) is 0 Å². The van der Waals surface area contributed by atoms with Gasteiger partial charge in [0.1, 0.15) is 0 Å². The molecule has 0 aliphatic rings. The van der Waals surface area contributed by atoms with Crippen molar-refractivity contribution in [3.63, 3.8) is 0 Å². The molecule has 0 heterocycles. The lowest BCUT2D eigenvalue weighted by Crippen LogP contribution is -2.11. The summed E-state index contributed by atoms with van der Waals surface area (Å²) in [4.78, 5) is 0. The minimum atomic E-state index is -2.62. The fourth-order valence-electron chi connectivity index (χ4n) is 1.62. The molecule has 0 saturated heterocycles. The van der Waals surface area contributed by atoms with E-state index in [9.17, 15) is 4.57 Å². The zero-order valence-electron chi connectivity index (χ0n) is 9.28. The van der Waals surface area contributed by atoms with Crippen LogP contribution in [0.1, 0.15) is 0 Å². The molecule has 0 aliphatic carbocycles. The maximum atomic E-state index is 13.0. The van der Waals surface area contributed by atoms with Crippen molar-refractivity contribution in [3.05, 3.63) is 54.6 Å². The average molecular weight is 261 g/mol. The molecule has 86 valence electrons. The van der Waals surface area contributed by atoms with E-state index in [0.29, 0.717) is 13.6 Å². The fourth-order valence-corrected chi connectivity index (χ4v) is 5.15. The predicted molar refractivity (Wildman–Crippen MR) is 78.2 cm³/mol. The maximum absolute atomic E-state index is 13.0. The second-order valence-electron chi connectivity index (χ2n) is 3.64. The maximum Gasteiger partial charge on any atom is 0.187 e. The third-order valence-corrected chi connectivity index (χ3v) is 7.52. The van der Waals surface area contributed by atoms with Gasteiger partial charge in [0.05, 0.1) is 0 Å². The molecule has 0 aliphatic heterocycles. The summed E-state index contributed by atoms with van der Waals surface area (Å²) in [5, 5.41) is 1.64. The summed E-state index contributed by atoms with van der Waals surface area (Å²) in [6, 6.07) is 16.7. The van der Waals surface area contributed by atoms with Crippen LogP contribution in [0.2, 0.25) is 0 Å². The third-order valence-electron chi connectivity index (χ3n) is 2.55. The first kappa shape index (κ1) is 12.1. The number of nitrogens with two attached hydrogens (primary N) is 1. The first-order valence-corrected chi connectivity index (χ1v) is 8.66. The van der Waals surface area contributed by atoms with E-state index in [1.165, 1.54) is 0 Å². The van der Waals surface area contributed by atoms with Gasteiger partial charge in [0.2, 0.25) is 0 Å². The zero-order chi connectivity index (χ0) is 12.3. The highest BCUT2D eigenvalue weighted by molar-refractivity contribution is 8.30. The second-order valence-corrected chi connectivity index (χ2v) is 8.65. The summed E-state index contributed by atoms with van der Waals surface area (Å²) >= 11 is 0. The van der Waals surface area contributed by atoms with Crippen molar-refractivity contribution in [2.24, 2.45) is 0 Å². The van der Waals surface area contributed by atoms with Gasteiger partial charge in [-0.15, -0.1) is 0 Å². The highest BCUT2D eigenvalue weighted by Crippen LogP contribution is 2.55. The molecule has 1 unspecified atom stereocenters. The van der Waals surface area contributed by atoms with E-state index in [2.05, 4.69) is 6.30 Å². The Bertz CT molecular complexity index is 564. The highest BCUT2D eigenvalue weighted by Gasteiger charge is 2.23. The second kappa shape index (κ2) is 4.87. The monoisotopic (exact) mass is 261 g/mol. The van der Waals surface area contributed by atoms with Crippen molar-refractivity contribution in [1.82, 2.24) is 0 Å². The van der Waals surface area contributed by atoms with E-state index in [-0.39, 0.29) is 0 Å². The SMILES string of the molecule is C=PP(=O)(c1ccccc1)c1ccc(N)cc1. The van der Waals surface area contributed by atoms with Crippen LogP contribution in [-0.4, -0.2) is 6.30 Å². The highest BCUT2D eigenvalue weighted by atomic mass is 32.1. The molecule has 4 heteroatoms. The van der Waals surface area contributed by atoms with Crippen LogP contribution >= 0.6 is 14.7 Å². The smallest absolute Gasteiger partial charge is 0.187 e. The Morgan fingerprint density at radius 2 is 1.47 bits per heavy atom. The topological polar surface area (TPSA) is 43.1 Å². The van der Waals surface area contributed by atoms with Gasteiger partial charge >= 0.3 is 0 Å². The predicted octanol–water partition coefficient (Wildman–Crippen LogP) is 2.88. The Hall–Kier alpha value is -1.36. The molecule has 0 saturated carbocycles. The molecule has 2 N–H and O–H groups in total. The quantitative estimate of drug-likeness (QED) is 0.682. The molecule has 2 rings (SSSR count). The van der Waals surface area contributed by atoms with Crippen LogP contribution in [0.25, 0.3) is 0 Å². The van der Waals surface area contributed by atoms with E-state index in [0.717, 1.165) is 10.6 Å². The number of rotatable bonds is 3. The zero-order valence-corrected chi connectivity index (χ0v) is 11.1. The van der Waals surface area contributed by atoms with Crippen LogP contribution in [0.5, 0.6) is 0 Å². The molecule has 2 aromatic rings. The van der Waals surface area contributed by atoms with Crippen LogP contribution in [0.4, 0.5) is 5.69 Å². The third kappa shape index (κ3) is 2.34. The van der Waals surface area contributed by atoms with Crippen molar-refractivity contribution < 1.29 is 4.57 Å². The van der Waals surface area contributed by atoms with Crippen molar-refractivity contribution in [2.75, 3.05) is 5.73 Å². The molecule has 0 fully saturated rings. The Morgan fingerprint density at radius 3 is 2.00 bits per heavy atom. The van der Waals surface area contributed by atoms with E-state index < -0.39 is 6.83 Å². The number of benzene rings is 2. The first-order chi connectivity index (χ1) is 8.16.